The van der Waals surface area contributed by atoms with Gasteiger partial charge in [0.15, 0.2) is 0 Å². The quantitative estimate of drug-likeness (QED) is 0.530. The maximum absolute atomic E-state index is 12.7. The average Bonchev–Trinajstić information content (AvgIpc) is 3.45. The highest BCUT2D eigenvalue weighted by Gasteiger charge is 2.30. The number of hydrogen-bond acceptors (Lipinski definition) is 4. The number of nitrogens with zero attached hydrogens (tertiary/aromatic N) is 1. The van der Waals surface area contributed by atoms with E-state index in [0.29, 0.717) is 30.8 Å². The lowest BCUT2D eigenvalue weighted by Gasteiger charge is -2.17. The van der Waals surface area contributed by atoms with Crippen LogP contribution in [0.3, 0.4) is 0 Å². The van der Waals surface area contributed by atoms with Crippen molar-refractivity contribution >= 4 is 23.7 Å². The Labute approximate surface area is 203 Å². The summed E-state index contributed by atoms with van der Waals surface area (Å²) in [6, 6.07) is 23.0. The molecule has 2 N–H and O–H groups in total. The van der Waals surface area contributed by atoms with Crippen LogP contribution in [0.25, 0.3) is 11.1 Å². The molecule has 2 aliphatic rings. The van der Waals surface area contributed by atoms with E-state index in [0.717, 1.165) is 11.1 Å². The second-order valence-corrected chi connectivity index (χ2v) is 9.03. The van der Waals surface area contributed by atoms with Gasteiger partial charge in [-0.15, -0.1) is 0 Å². The molecule has 1 saturated heterocycles. The molecule has 0 spiro atoms. The first kappa shape index (κ1) is 22.7. The van der Waals surface area contributed by atoms with Crippen molar-refractivity contribution in [3.05, 3.63) is 89.5 Å². The third-order valence-corrected chi connectivity index (χ3v) is 6.76. The normalized spacial score (nSPS) is 16.5. The van der Waals surface area contributed by atoms with Gasteiger partial charge in [-0.05, 0) is 58.9 Å². The van der Waals surface area contributed by atoms with Crippen LogP contribution in [-0.4, -0.2) is 47.7 Å². The summed E-state index contributed by atoms with van der Waals surface area (Å²) >= 11 is 0. The smallest absolute Gasteiger partial charge is 0.411 e. The van der Waals surface area contributed by atoms with Gasteiger partial charge in [0.05, 0.1) is 0 Å². The Hall–Kier alpha value is -4.13. The van der Waals surface area contributed by atoms with Crippen LogP contribution in [0.4, 0.5) is 10.5 Å². The molecule has 1 atom stereocenters. The molecule has 0 bridgehead atoms. The van der Waals surface area contributed by atoms with Gasteiger partial charge in [-0.25, -0.2) is 4.79 Å². The zero-order chi connectivity index (χ0) is 24.4. The molecule has 3 aromatic carbocycles. The SMILES string of the molecule is O=C(O)CC1CCN(C(=O)c2ccc(NC(=O)OCC3c4ccccc4-c4ccccc43)cc2)C1. The van der Waals surface area contributed by atoms with Crippen molar-refractivity contribution in [1.29, 1.82) is 0 Å². The van der Waals surface area contributed by atoms with E-state index in [-0.39, 0.29) is 30.8 Å². The van der Waals surface area contributed by atoms with E-state index in [1.165, 1.54) is 11.1 Å². The second kappa shape index (κ2) is 9.62. The molecular weight excluding hydrogens is 444 g/mol. The van der Waals surface area contributed by atoms with Crippen molar-refractivity contribution in [3.63, 3.8) is 0 Å². The number of carboxylic acid groups (broad SMARTS) is 1. The summed E-state index contributed by atoms with van der Waals surface area (Å²) in [5, 5.41) is 11.7. The molecular formula is C28H26N2O5. The van der Waals surface area contributed by atoms with Crippen molar-refractivity contribution in [2.24, 2.45) is 5.92 Å². The third kappa shape index (κ3) is 4.75. The van der Waals surface area contributed by atoms with Crippen LogP contribution in [0.15, 0.2) is 72.8 Å². The highest BCUT2D eigenvalue weighted by molar-refractivity contribution is 5.95. The fourth-order valence-electron chi connectivity index (χ4n) is 5.06. The van der Waals surface area contributed by atoms with Gasteiger partial charge >= 0.3 is 12.1 Å². The highest BCUT2D eigenvalue weighted by atomic mass is 16.5. The molecule has 3 aromatic rings. The van der Waals surface area contributed by atoms with E-state index in [1.54, 1.807) is 29.2 Å². The lowest BCUT2D eigenvalue weighted by Crippen LogP contribution is -2.29. The number of aliphatic carboxylic acids is 1. The van der Waals surface area contributed by atoms with Crippen molar-refractivity contribution in [3.8, 4) is 11.1 Å². The Morgan fingerprint density at radius 1 is 0.914 bits per heavy atom. The molecule has 1 fully saturated rings. The number of rotatable bonds is 6. The van der Waals surface area contributed by atoms with Gasteiger partial charge in [0.1, 0.15) is 6.61 Å². The molecule has 7 nitrogen and oxygen atoms in total. The van der Waals surface area contributed by atoms with Gasteiger partial charge in [0.25, 0.3) is 5.91 Å². The molecule has 0 radical (unpaired) electrons. The van der Waals surface area contributed by atoms with E-state index in [4.69, 9.17) is 9.84 Å². The zero-order valence-electron chi connectivity index (χ0n) is 19.1. The fourth-order valence-corrected chi connectivity index (χ4v) is 5.06. The van der Waals surface area contributed by atoms with Crippen LogP contribution < -0.4 is 5.32 Å². The topological polar surface area (TPSA) is 95.9 Å². The largest absolute Gasteiger partial charge is 0.481 e. The number of anilines is 1. The summed E-state index contributed by atoms with van der Waals surface area (Å²) in [6.45, 7) is 1.23. The number of carbonyl (C=O) groups is 3. The van der Waals surface area contributed by atoms with Crippen LogP contribution in [0, 0.1) is 5.92 Å². The number of likely N-dealkylation sites (tertiary alicyclic amines) is 1. The predicted octanol–water partition coefficient (Wildman–Crippen LogP) is 4.98. The molecule has 35 heavy (non-hydrogen) atoms. The minimum Gasteiger partial charge on any atom is -0.481 e. The number of hydrogen-bond donors (Lipinski definition) is 2. The van der Waals surface area contributed by atoms with Gasteiger partial charge < -0.3 is 14.7 Å². The minimum absolute atomic E-state index is 0.00837. The summed E-state index contributed by atoms with van der Waals surface area (Å²) in [5.74, 6) is -0.997. The Morgan fingerprint density at radius 3 is 2.17 bits per heavy atom. The molecule has 178 valence electrons. The van der Waals surface area contributed by atoms with E-state index < -0.39 is 12.1 Å². The summed E-state index contributed by atoms with van der Waals surface area (Å²) < 4.78 is 5.57. The monoisotopic (exact) mass is 470 g/mol. The lowest BCUT2D eigenvalue weighted by molar-refractivity contribution is -0.138. The standard InChI is InChI=1S/C28H26N2O5/c31-26(32)15-18-13-14-30(16-18)27(33)19-9-11-20(12-10-19)29-28(34)35-17-25-23-7-3-1-5-21(23)22-6-2-4-8-24(22)25/h1-12,18,25H,13-17H2,(H,29,34)(H,31,32). The molecule has 1 unspecified atom stereocenters. The number of benzene rings is 3. The van der Waals surface area contributed by atoms with Crippen molar-refractivity contribution < 1.29 is 24.2 Å². The van der Waals surface area contributed by atoms with E-state index in [2.05, 4.69) is 29.6 Å². The molecule has 7 heteroatoms. The van der Waals surface area contributed by atoms with Crippen molar-refractivity contribution in [1.82, 2.24) is 4.90 Å². The predicted molar refractivity (Wildman–Crippen MR) is 131 cm³/mol. The fraction of sp³-hybridized carbons (Fsp3) is 0.250. The Kier molecular flexibility index (Phi) is 6.23. The van der Waals surface area contributed by atoms with Gasteiger partial charge in [-0.3, -0.25) is 14.9 Å². The highest BCUT2D eigenvalue weighted by Crippen LogP contribution is 2.44. The number of amides is 2. The van der Waals surface area contributed by atoms with E-state index >= 15 is 0 Å². The van der Waals surface area contributed by atoms with Crippen LogP contribution in [-0.2, 0) is 9.53 Å². The van der Waals surface area contributed by atoms with E-state index in [1.807, 2.05) is 24.3 Å². The average molecular weight is 471 g/mol. The summed E-state index contributed by atoms with van der Waals surface area (Å²) in [4.78, 5) is 37.8. The van der Waals surface area contributed by atoms with Crippen LogP contribution in [0.2, 0.25) is 0 Å². The molecule has 1 heterocycles. The second-order valence-electron chi connectivity index (χ2n) is 9.03. The lowest BCUT2D eigenvalue weighted by atomic mass is 9.98. The number of carboxylic acids is 1. The summed E-state index contributed by atoms with van der Waals surface area (Å²) in [5.41, 5.74) is 5.67. The number of fused-ring (bicyclic) bond motifs is 3. The van der Waals surface area contributed by atoms with Crippen LogP contribution >= 0.6 is 0 Å². The van der Waals surface area contributed by atoms with Crippen LogP contribution in [0.5, 0.6) is 0 Å². The third-order valence-electron chi connectivity index (χ3n) is 6.76. The van der Waals surface area contributed by atoms with Gasteiger partial charge in [-0.2, -0.15) is 0 Å². The number of nitrogens with one attached hydrogen (secondary N) is 1. The van der Waals surface area contributed by atoms with Gasteiger partial charge in [0.2, 0.25) is 0 Å². The van der Waals surface area contributed by atoms with Crippen molar-refractivity contribution in [2.75, 3.05) is 25.0 Å². The zero-order valence-corrected chi connectivity index (χ0v) is 19.1. The molecule has 1 aliphatic carbocycles. The summed E-state index contributed by atoms with van der Waals surface area (Å²) in [6.07, 6.45) is 0.216. The van der Waals surface area contributed by atoms with Gasteiger partial charge in [-0.1, -0.05) is 48.5 Å². The minimum atomic E-state index is -0.840. The molecule has 5 rings (SSSR count). The maximum atomic E-state index is 12.7. The number of carbonyl (C=O) groups excluding carboxylic acids is 2. The molecule has 2 amide bonds. The Balaban J connectivity index is 1.17. The summed E-state index contributed by atoms with van der Waals surface area (Å²) in [7, 11) is 0. The first-order valence-corrected chi connectivity index (χ1v) is 11.7. The first-order valence-electron chi connectivity index (χ1n) is 11.7. The van der Waals surface area contributed by atoms with Crippen molar-refractivity contribution in [2.45, 2.75) is 18.8 Å². The molecule has 1 aliphatic heterocycles. The van der Waals surface area contributed by atoms with Gasteiger partial charge in [0, 0.05) is 36.7 Å². The maximum Gasteiger partial charge on any atom is 0.411 e. The molecule has 0 saturated carbocycles. The first-order chi connectivity index (χ1) is 17.0. The van der Waals surface area contributed by atoms with Crippen LogP contribution in [0.1, 0.15) is 40.2 Å². The molecule has 0 aromatic heterocycles. The number of ether oxygens (including phenoxy) is 1. The van der Waals surface area contributed by atoms with E-state index in [9.17, 15) is 14.4 Å². The Morgan fingerprint density at radius 2 is 1.54 bits per heavy atom. The Bertz CT molecular complexity index is 1220.